The Labute approximate surface area is 226 Å². The predicted molar refractivity (Wildman–Crippen MR) is 149 cm³/mol. The molecule has 0 atom stereocenters. The van der Waals surface area contributed by atoms with Gasteiger partial charge in [0.2, 0.25) is 0 Å². The van der Waals surface area contributed by atoms with Crippen molar-refractivity contribution >= 4 is 34.1 Å². The van der Waals surface area contributed by atoms with E-state index in [4.69, 9.17) is 0 Å². The van der Waals surface area contributed by atoms with Gasteiger partial charge < -0.3 is 0 Å². The Kier molecular flexibility index (Phi) is 8.46. The van der Waals surface area contributed by atoms with Gasteiger partial charge in [0.25, 0.3) is 0 Å². The van der Waals surface area contributed by atoms with Crippen LogP contribution in [0.15, 0.2) is 84.9 Å². The van der Waals surface area contributed by atoms with Crippen LogP contribution in [0.4, 0.5) is 8.78 Å². The van der Waals surface area contributed by atoms with Crippen molar-refractivity contribution in [1.29, 1.82) is 10.5 Å². The Morgan fingerprint density at radius 2 is 0.974 bits per heavy atom. The quantitative estimate of drug-likeness (QED) is 0.224. The first-order valence-electron chi connectivity index (χ1n) is 11.9. The van der Waals surface area contributed by atoms with Crippen LogP contribution in [-0.2, 0) is 21.3 Å². The second kappa shape index (κ2) is 12.1. The maximum absolute atomic E-state index is 13.3. The summed E-state index contributed by atoms with van der Waals surface area (Å²) in [6, 6.07) is 25.4. The molecule has 0 spiro atoms. The number of hydrogen-bond acceptors (Lipinski definition) is 4. The second-order valence-electron chi connectivity index (χ2n) is 8.85. The largest absolute Gasteiger partial charge is 0.228 e. The molecular formula is C32H22F2N2O2S. The van der Waals surface area contributed by atoms with Crippen molar-refractivity contribution in [3.8, 4) is 12.1 Å². The van der Waals surface area contributed by atoms with Crippen LogP contribution in [0.1, 0.15) is 44.5 Å². The third-order valence-corrected chi connectivity index (χ3v) is 7.45. The maximum atomic E-state index is 13.3. The average Bonchev–Trinajstić information content (AvgIpc) is 2.93. The van der Waals surface area contributed by atoms with Crippen LogP contribution >= 0.6 is 0 Å². The minimum absolute atomic E-state index is 0.275. The molecule has 0 saturated carbocycles. The molecule has 39 heavy (non-hydrogen) atoms. The highest BCUT2D eigenvalue weighted by Gasteiger charge is 2.17. The van der Waals surface area contributed by atoms with E-state index in [1.807, 2.05) is 0 Å². The molecule has 4 aromatic rings. The first-order valence-corrected chi connectivity index (χ1v) is 13.7. The minimum Gasteiger partial charge on any atom is -0.228 e. The van der Waals surface area contributed by atoms with Gasteiger partial charge in [-0.3, -0.25) is 0 Å². The molecule has 0 unspecified atom stereocenters. The summed E-state index contributed by atoms with van der Waals surface area (Å²) in [5.74, 6) is -1.27. The Morgan fingerprint density at radius 1 is 0.590 bits per heavy atom. The van der Waals surface area contributed by atoms with E-state index < -0.39 is 9.84 Å². The zero-order valence-electron chi connectivity index (χ0n) is 20.7. The summed E-state index contributed by atoms with van der Waals surface area (Å²) < 4.78 is 53.2. The summed E-state index contributed by atoms with van der Waals surface area (Å²) in [6.45, 7) is 0. The van der Waals surface area contributed by atoms with Crippen molar-refractivity contribution in [3.63, 3.8) is 0 Å². The van der Waals surface area contributed by atoms with Crippen molar-refractivity contribution < 1.29 is 17.2 Å². The zero-order chi connectivity index (χ0) is 27.8. The smallest absolute Gasteiger partial charge is 0.158 e. The Hall–Kier alpha value is -4.85. The highest BCUT2D eigenvalue weighted by atomic mass is 32.2. The molecule has 0 N–H and O–H groups in total. The third-order valence-electron chi connectivity index (χ3n) is 5.95. The highest BCUT2D eigenvalue weighted by molar-refractivity contribution is 7.89. The van der Waals surface area contributed by atoms with Crippen molar-refractivity contribution in [2.75, 3.05) is 0 Å². The van der Waals surface area contributed by atoms with Gasteiger partial charge in [0, 0.05) is 0 Å². The number of halogens is 2. The fourth-order valence-corrected chi connectivity index (χ4v) is 5.52. The topological polar surface area (TPSA) is 81.7 Å². The Morgan fingerprint density at radius 3 is 1.33 bits per heavy atom. The molecule has 4 nitrogen and oxygen atoms in total. The second-order valence-corrected chi connectivity index (χ2v) is 10.9. The van der Waals surface area contributed by atoms with Crippen LogP contribution in [0.5, 0.6) is 0 Å². The molecule has 0 aliphatic carbocycles. The highest BCUT2D eigenvalue weighted by Crippen LogP contribution is 2.23. The van der Waals surface area contributed by atoms with Crippen LogP contribution < -0.4 is 0 Å². The lowest BCUT2D eigenvalue weighted by molar-refractivity contribution is 0.594. The molecule has 0 bridgehead atoms. The molecule has 7 heteroatoms. The summed E-state index contributed by atoms with van der Waals surface area (Å²) in [6.07, 6.45) is 6.87. The molecule has 0 amide bonds. The molecule has 192 valence electrons. The summed E-state index contributed by atoms with van der Waals surface area (Å²) in [4.78, 5) is 0. The van der Waals surface area contributed by atoms with Gasteiger partial charge in [0.05, 0.1) is 34.8 Å². The number of hydrogen-bond donors (Lipinski definition) is 0. The normalized spacial score (nSPS) is 11.5. The fourth-order valence-electron chi connectivity index (χ4n) is 3.95. The van der Waals surface area contributed by atoms with E-state index in [1.54, 1.807) is 85.0 Å². The number of rotatable bonds is 8. The fraction of sp³-hybridized carbons (Fsp3) is 0.0625. The Balaban J connectivity index is 1.62. The van der Waals surface area contributed by atoms with Gasteiger partial charge in [-0.25, -0.2) is 17.2 Å². The SMILES string of the molecule is N#Cc1ccc(CS(=O)(=O)Cc2ccc(C#N)cc2/C=C/c2ccc(F)cc2)c(C=Cc2ccc(F)cc2)c1. The minimum atomic E-state index is -3.68. The van der Waals surface area contributed by atoms with Crippen molar-refractivity contribution in [3.05, 3.63) is 141 Å². The van der Waals surface area contributed by atoms with E-state index in [1.165, 1.54) is 24.3 Å². The summed E-state index contributed by atoms with van der Waals surface area (Å²) in [5, 5.41) is 18.7. The average molecular weight is 537 g/mol. The lowest BCUT2D eigenvalue weighted by atomic mass is 10.0. The lowest BCUT2D eigenvalue weighted by Gasteiger charge is -2.11. The first-order chi connectivity index (χ1) is 18.7. The number of nitrogens with zero attached hydrogens (tertiary/aromatic N) is 2. The van der Waals surface area contributed by atoms with Crippen molar-refractivity contribution in [2.45, 2.75) is 11.5 Å². The van der Waals surface area contributed by atoms with E-state index in [9.17, 15) is 27.7 Å². The van der Waals surface area contributed by atoms with Crippen LogP contribution in [0, 0.1) is 34.3 Å². The molecule has 4 aromatic carbocycles. The molecule has 0 saturated heterocycles. The number of benzene rings is 4. The summed E-state index contributed by atoms with van der Waals surface area (Å²) >= 11 is 0. The zero-order valence-corrected chi connectivity index (χ0v) is 21.5. The van der Waals surface area contributed by atoms with Gasteiger partial charge in [-0.2, -0.15) is 10.5 Å². The van der Waals surface area contributed by atoms with Crippen LogP contribution in [0.3, 0.4) is 0 Å². The molecule has 0 radical (unpaired) electrons. The van der Waals surface area contributed by atoms with Gasteiger partial charge in [0.1, 0.15) is 11.6 Å². The van der Waals surface area contributed by atoms with E-state index in [0.29, 0.717) is 33.4 Å². The van der Waals surface area contributed by atoms with Crippen molar-refractivity contribution in [1.82, 2.24) is 0 Å². The predicted octanol–water partition coefficient (Wildman–Crippen LogP) is 7.16. The van der Waals surface area contributed by atoms with Crippen molar-refractivity contribution in [2.24, 2.45) is 0 Å². The first kappa shape index (κ1) is 27.2. The molecule has 0 fully saturated rings. The van der Waals surface area contributed by atoms with Gasteiger partial charge >= 0.3 is 0 Å². The van der Waals surface area contributed by atoms with Crippen LogP contribution in [-0.4, -0.2) is 8.42 Å². The van der Waals surface area contributed by atoms with E-state index >= 15 is 0 Å². The molecule has 0 aliphatic rings. The van der Waals surface area contributed by atoms with E-state index in [-0.39, 0.29) is 23.1 Å². The van der Waals surface area contributed by atoms with E-state index in [2.05, 4.69) is 12.1 Å². The van der Waals surface area contributed by atoms with Gasteiger partial charge in [-0.1, -0.05) is 60.7 Å². The molecular weight excluding hydrogens is 514 g/mol. The maximum Gasteiger partial charge on any atom is 0.158 e. The lowest BCUT2D eigenvalue weighted by Crippen LogP contribution is -2.10. The number of sulfone groups is 1. The van der Waals surface area contributed by atoms with E-state index in [0.717, 1.165) is 11.1 Å². The van der Waals surface area contributed by atoms with Gasteiger partial charge in [-0.05, 0) is 81.9 Å². The third kappa shape index (κ3) is 7.58. The van der Waals surface area contributed by atoms with Crippen LogP contribution in [0.2, 0.25) is 0 Å². The van der Waals surface area contributed by atoms with Gasteiger partial charge in [-0.15, -0.1) is 0 Å². The molecule has 0 aliphatic heterocycles. The molecule has 0 heterocycles. The molecule has 4 rings (SSSR count). The Bertz CT molecular complexity index is 1620. The monoisotopic (exact) mass is 536 g/mol. The standard InChI is InChI=1S/C32H22F2N2O2S/c33-31-13-5-23(6-14-31)1-9-27-17-25(19-35)3-11-29(27)21-39(37,38)22-30-12-4-26(20-36)18-28(30)10-2-24-7-15-32(34)16-8-24/h1-18H,21-22H2/b9-1+,10-2?. The summed E-state index contributed by atoms with van der Waals surface area (Å²) in [7, 11) is -3.68. The summed E-state index contributed by atoms with van der Waals surface area (Å²) in [5.41, 5.74) is 4.39. The number of nitriles is 2. The van der Waals surface area contributed by atoms with Gasteiger partial charge in [0.15, 0.2) is 9.84 Å². The molecule has 0 aromatic heterocycles. The van der Waals surface area contributed by atoms with Crippen LogP contribution in [0.25, 0.3) is 24.3 Å².